The Hall–Kier alpha value is -2.82. The molecule has 2 aromatic rings. The molecule has 3 rings (SSSR count). The molecule has 172 valence electrons. The maximum absolute atomic E-state index is 12.7. The number of ketones is 1. The lowest BCUT2D eigenvalue weighted by atomic mass is 9.92. The largest absolute Gasteiger partial charge is 0.494 e. The van der Waals surface area contributed by atoms with Crippen molar-refractivity contribution < 1.29 is 23.8 Å². The average molecular weight is 439 g/mol. The Morgan fingerprint density at radius 2 is 1.53 bits per heavy atom. The van der Waals surface area contributed by atoms with Crippen LogP contribution in [0.25, 0.3) is 0 Å². The summed E-state index contributed by atoms with van der Waals surface area (Å²) in [7, 11) is 1.36. The first-order valence-corrected chi connectivity index (χ1v) is 11.6. The van der Waals surface area contributed by atoms with Gasteiger partial charge in [0, 0.05) is 12.0 Å². The minimum atomic E-state index is -0.356. The molecule has 0 spiro atoms. The summed E-state index contributed by atoms with van der Waals surface area (Å²) in [6.45, 7) is 5.22. The third-order valence-corrected chi connectivity index (χ3v) is 6.33. The van der Waals surface area contributed by atoms with Crippen LogP contribution in [0.15, 0.2) is 36.4 Å². The monoisotopic (exact) mass is 438 g/mol. The number of Topliss-reactive ketones (excluding diaryl/α,β-unsaturated/α-hetero) is 1. The topological polar surface area (TPSA) is 61.8 Å². The Morgan fingerprint density at radius 3 is 2.19 bits per heavy atom. The molecule has 0 saturated heterocycles. The van der Waals surface area contributed by atoms with E-state index in [1.165, 1.54) is 32.8 Å². The van der Waals surface area contributed by atoms with Gasteiger partial charge in [-0.25, -0.2) is 4.79 Å². The molecule has 0 amide bonds. The molecule has 0 radical (unpaired) electrons. The maximum Gasteiger partial charge on any atom is 0.337 e. The zero-order valence-corrected chi connectivity index (χ0v) is 19.4. The quantitative estimate of drug-likeness (QED) is 0.241. The van der Waals surface area contributed by atoms with Gasteiger partial charge < -0.3 is 14.2 Å². The standard InChI is InChI=1S/C27H34O5/c1-19-20(2)26(15-14-24(19)25(28)18-21-8-4-5-9-21)32-17-7-6-16-31-23-12-10-22(11-13-23)27(29)30-3/h10-15,21H,4-9,16-18H2,1-3H3. The molecule has 0 N–H and O–H groups in total. The third-order valence-electron chi connectivity index (χ3n) is 6.33. The third kappa shape index (κ3) is 6.35. The van der Waals surface area contributed by atoms with Gasteiger partial charge in [-0.2, -0.15) is 0 Å². The summed E-state index contributed by atoms with van der Waals surface area (Å²) >= 11 is 0. The van der Waals surface area contributed by atoms with E-state index < -0.39 is 0 Å². The van der Waals surface area contributed by atoms with E-state index in [2.05, 4.69) is 4.74 Å². The van der Waals surface area contributed by atoms with Crippen LogP contribution in [0.3, 0.4) is 0 Å². The first-order valence-electron chi connectivity index (χ1n) is 11.6. The molecule has 32 heavy (non-hydrogen) atoms. The number of benzene rings is 2. The van der Waals surface area contributed by atoms with Gasteiger partial charge in [-0.05, 0) is 80.1 Å². The molecule has 5 heteroatoms. The highest BCUT2D eigenvalue weighted by molar-refractivity contribution is 5.98. The van der Waals surface area contributed by atoms with Gasteiger partial charge in [-0.3, -0.25) is 4.79 Å². The molecular weight excluding hydrogens is 404 g/mol. The SMILES string of the molecule is COC(=O)c1ccc(OCCCCOc2ccc(C(=O)CC3CCCC3)c(C)c2C)cc1. The zero-order chi connectivity index (χ0) is 22.9. The Balaban J connectivity index is 1.40. The summed E-state index contributed by atoms with van der Waals surface area (Å²) in [5, 5.41) is 0. The van der Waals surface area contributed by atoms with E-state index in [-0.39, 0.29) is 11.8 Å². The Bertz CT molecular complexity index is 910. The molecule has 0 aliphatic heterocycles. The number of ether oxygens (including phenoxy) is 3. The lowest BCUT2D eigenvalue weighted by Gasteiger charge is -2.15. The molecule has 0 heterocycles. The fraction of sp³-hybridized carbons (Fsp3) is 0.481. The van der Waals surface area contributed by atoms with Crippen molar-refractivity contribution in [1.29, 1.82) is 0 Å². The number of carbonyl (C=O) groups is 2. The van der Waals surface area contributed by atoms with Crippen LogP contribution in [0.2, 0.25) is 0 Å². The molecule has 0 atom stereocenters. The van der Waals surface area contributed by atoms with Crippen LogP contribution in [0.4, 0.5) is 0 Å². The van der Waals surface area contributed by atoms with Crippen molar-refractivity contribution in [2.45, 2.75) is 58.8 Å². The van der Waals surface area contributed by atoms with Crippen LogP contribution in [-0.4, -0.2) is 32.1 Å². The minimum Gasteiger partial charge on any atom is -0.494 e. The highest BCUT2D eigenvalue weighted by Crippen LogP contribution is 2.31. The molecule has 0 unspecified atom stereocenters. The maximum atomic E-state index is 12.7. The van der Waals surface area contributed by atoms with E-state index in [0.717, 1.165) is 41.0 Å². The van der Waals surface area contributed by atoms with Crippen LogP contribution in [0, 0.1) is 19.8 Å². The number of hydrogen-bond acceptors (Lipinski definition) is 5. The van der Waals surface area contributed by atoms with Gasteiger partial charge in [-0.15, -0.1) is 0 Å². The van der Waals surface area contributed by atoms with E-state index in [9.17, 15) is 9.59 Å². The van der Waals surface area contributed by atoms with Crippen molar-refractivity contribution in [2.75, 3.05) is 20.3 Å². The van der Waals surface area contributed by atoms with Crippen LogP contribution in [0.1, 0.15) is 76.8 Å². The first-order chi connectivity index (χ1) is 15.5. The van der Waals surface area contributed by atoms with E-state index in [1.807, 2.05) is 26.0 Å². The van der Waals surface area contributed by atoms with Gasteiger partial charge in [0.05, 0.1) is 25.9 Å². The number of hydrogen-bond donors (Lipinski definition) is 0. The molecule has 1 fully saturated rings. The fourth-order valence-corrected chi connectivity index (χ4v) is 4.22. The summed E-state index contributed by atoms with van der Waals surface area (Å²) in [5.74, 6) is 2.04. The van der Waals surface area contributed by atoms with Crippen molar-refractivity contribution in [2.24, 2.45) is 5.92 Å². The smallest absolute Gasteiger partial charge is 0.337 e. The van der Waals surface area contributed by atoms with Crippen molar-refractivity contribution >= 4 is 11.8 Å². The summed E-state index contributed by atoms with van der Waals surface area (Å²) in [6.07, 6.45) is 7.29. The fourth-order valence-electron chi connectivity index (χ4n) is 4.22. The van der Waals surface area contributed by atoms with E-state index in [4.69, 9.17) is 9.47 Å². The van der Waals surface area contributed by atoms with Gasteiger partial charge >= 0.3 is 5.97 Å². The number of unbranched alkanes of at least 4 members (excludes halogenated alkanes) is 1. The zero-order valence-electron chi connectivity index (χ0n) is 19.4. The average Bonchev–Trinajstić information content (AvgIpc) is 3.31. The van der Waals surface area contributed by atoms with E-state index in [0.29, 0.717) is 31.1 Å². The second-order valence-corrected chi connectivity index (χ2v) is 8.56. The van der Waals surface area contributed by atoms with Crippen LogP contribution in [0.5, 0.6) is 11.5 Å². The van der Waals surface area contributed by atoms with Crippen molar-refractivity contribution in [3.8, 4) is 11.5 Å². The number of esters is 1. The van der Waals surface area contributed by atoms with E-state index in [1.54, 1.807) is 24.3 Å². The minimum absolute atomic E-state index is 0.265. The van der Waals surface area contributed by atoms with Crippen molar-refractivity contribution in [1.82, 2.24) is 0 Å². The van der Waals surface area contributed by atoms with Crippen molar-refractivity contribution in [3.05, 3.63) is 58.7 Å². The van der Waals surface area contributed by atoms with Gasteiger partial charge in [0.2, 0.25) is 0 Å². The molecule has 0 bridgehead atoms. The lowest BCUT2D eigenvalue weighted by molar-refractivity contribution is 0.0600. The Morgan fingerprint density at radius 1 is 0.875 bits per heavy atom. The van der Waals surface area contributed by atoms with Crippen LogP contribution in [-0.2, 0) is 4.74 Å². The molecular formula is C27H34O5. The molecule has 1 aliphatic rings. The molecule has 1 aliphatic carbocycles. The van der Waals surface area contributed by atoms with Crippen LogP contribution >= 0.6 is 0 Å². The van der Waals surface area contributed by atoms with Crippen molar-refractivity contribution in [3.63, 3.8) is 0 Å². The second-order valence-electron chi connectivity index (χ2n) is 8.56. The summed E-state index contributed by atoms with van der Waals surface area (Å²) < 4.78 is 16.4. The van der Waals surface area contributed by atoms with Gasteiger partial charge in [0.25, 0.3) is 0 Å². The lowest BCUT2D eigenvalue weighted by Crippen LogP contribution is -2.09. The molecule has 1 saturated carbocycles. The van der Waals surface area contributed by atoms with Gasteiger partial charge in [0.1, 0.15) is 11.5 Å². The number of methoxy groups -OCH3 is 1. The van der Waals surface area contributed by atoms with Gasteiger partial charge in [-0.1, -0.05) is 25.7 Å². The normalized spacial score (nSPS) is 13.7. The molecule has 0 aromatic heterocycles. The highest BCUT2D eigenvalue weighted by Gasteiger charge is 2.21. The predicted octanol–water partition coefficient (Wildman–Crippen LogP) is 6.09. The van der Waals surface area contributed by atoms with Crippen LogP contribution < -0.4 is 9.47 Å². The van der Waals surface area contributed by atoms with Gasteiger partial charge in [0.15, 0.2) is 5.78 Å². The summed E-state index contributed by atoms with van der Waals surface area (Å²) in [5.41, 5.74) is 3.42. The molecule has 2 aromatic carbocycles. The molecule has 5 nitrogen and oxygen atoms in total. The van der Waals surface area contributed by atoms with E-state index >= 15 is 0 Å². The predicted molar refractivity (Wildman–Crippen MR) is 125 cm³/mol. The summed E-state index contributed by atoms with van der Waals surface area (Å²) in [4.78, 5) is 24.2. The Kier molecular flexibility index (Phi) is 8.72. The number of rotatable bonds is 11. The second kappa shape index (κ2) is 11.7. The Labute approximate surface area is 191 Å². The summed E-state index contributed by atoms with van der Waals surface area (Å²) in [6, 6.07) is 10.8. The number of carbonyl (C=O) groups excluding carboxylic acids is 2. The first kappa shape index (κ1) is 23.8. The highest BCUT2D eigenvalue weighted by atomic mass is 16.5.